The van der Waals surface area contributed by atoms with E-state index in [0.29, 0.717) is 5.69 Å². The van der Waals surface area contributed by atoms with Gasteiger partial charge >= 0.3 is 0 Å². The molecule has 17 heavy (non-hydrogen) atoms. The average molecular weight is 277 g/mol. The summed E-state index contributed by atoms with van der Waals surface area (Å²) in [4.78, 5) is 15.4. The highest BCUT2D eigenvalue weighted by atomic mass is 32.2. The van der Waals surface area contributed by atoms with Crippen LogP contribution in [0.4, 0.5) is 0 Å². The second kappa shape index (κ2) is 5.11. The van der Waals surface area contributed by atoms with Crippen LogP contribution in [-0.4, -0.2) is 37.6 Å². The molecular weight excluding hydrogens is 262 g/mol. The molecule has 0 atom stereocenters. The van der Waals surface area contributed by atoms with Crippen molar-refractivity contribution in [1.29, 1.82) is 0 Å². The molecule has 1 rings (SSSR count). The van der Waals surface area contributed by atoms with Crippen molar-refractivity contribution in [3.05, 3.63) is 16.6 Å². The van der Waals surface area contributed by atoms with Gasteiger partial charge in [-0.1, -0.05) is 0 Å². The maximum absolute atomic E-state index is 11.6. The fourth-order valence-electron chi connectivity index (χ4n) is 1.25. The summed E-state index contributed by atoms with van der Waals surface area (Å²) in [5.74, 6) is -0.311. The van der Waals surface area contributed by atoms with E-state index in [2.05, 4.69) is 15.0 Å². The minimum Gasteiger partial charge on any atom is -0.349 e. The summed E-state index contributed by atoms with van der Waals surface area (Å²) in [5.41, 5.74) is 1.17. The predicted molar refractivity (Wildman–Crippen MR) is 66.5 cm³/mol. The zero-order valence-corrected chi connectivity index (χ0v) is 11.5. The molecule has 0 fully saturated rings. The fraction of sp³-hybridized carbons (Fsp3) is 0.556. The van der Waals surface area contributed by atoms with E-state index in [1.807, 2.05) is 0 Å². The van der Waals surface area contributed by atoms with Crippen LogP contribution in [0.1, 0.15) is 24.3 Å². The molecule has 0 saturated carbocycles. The van der Waals surface area contributed by atoms with Crippen molar-refractivity contribution in [3.63, 3.8) is 0 Å². The van der Waals surface area contributed by atoms with Gasteiger partial charge in [-0.25, -0.2) is 18.1 Å². The molecule has 1 amide bonds. The van der Waals surface area contributed by atoms with E-state index in [1.165, 1.54) is 11.3 Å². The lowest BCUT2D eigenvalue weighted by Crippen LogP contribution is -2.51. The molecule has 1 aromatic heterocycles. The first-order chi connectivity index (χ1) is 7.70. The van der Waals surface area contributed by atoms with Crippen molar-refractivity contribution in [3.8, 4) is 0 Å². The molecule has 2 N–H and O–H groups in total. The largest absolute Gasteiger partial charge is 0.349 e. The molecule has 1 heterocycles. The molecule has 0 spiro atoms. The Balaban J connectivity index is 2.53. The van der Waals surface area contributed by atoms with Crippen LogP contribution in [-0.2, 0) is 10.0 Å². The molecule has 1 aromatic rings. The number of carbonyl (C=O) groups excluding carboxylic acids is 1. The van der Waals surface area contributed by atoms with Gasteiger partial charge in [0.2, 0.25) is 10.0 Å². The number of amides is 1. The lowest BCUT2D eigenvalue weighted by Gasteiger charge is -2.25. The smallest absolute Gasteiger partial charge is 0.270 e. The topological polar surface area (TPSA) is 88.2 Å². The van der Waals surface area contributed by atoms with Crippen LogP contribution in [0.3, 0.4) is 0 Å². The monoisotopic (exact) mass is 277 g/mol. The summed E-state index contributed by atoms with van der Waals surface area (Å²) in [6, 6.07) is 0. The number of nitrogens with one attached hydrogen (secondary N) is 2. The fourth-order valence-corrected chi connectivity index (χ4v) is 2.86. The molecule has 0 aliphatic rings. The molecule has 8 heteroatoms. The molecule has 0 aromatic carbocycles. The highest BCUT2D eigenvalue weighted by Gasteiger charge is 2.23. The van der Waals surface area contributed by atoms with E-state index in [9.17, 15) is 13.2 Å². The Kier molecular flexibility index (Phi) is 4.23. The van der Waals surface area contributed by atoms with Gasteiger partial charge in [0.1, 0.15) is 5.69 Å². The van der Waals surface area contributed by atoms with Crippen LogP contribution in [0.15, 0.2) is 10.9 Å². The SMILES string of the molecule is CC(C)(CNC(=O)c1cscn1)NS(C)(=O)=O. The number of hydrogen-bond donors (Lipinski definition) is 2. The number of thiazole rings is 1. The number of aromatic nitrogens is 1. The third kappa shape index (κ3) is 5.24. The lowest BCUT2D eigenvalue weighted by atomic mass is 10.1. The maximum Gasteiger partial charge on any atom is 0.270 e. The number of sulfonamides is 1. The van der Waals surface area contributed by atoms with E-state index in [0.717, 1.165) is 6.26 Å². The van der Waals surface area contributed by atoms with Gasteiger partial charge < -0.3 is 5.32 Å². The summed E-state index contributed by atoms with van der Waals surface area (Å²) < 4.78 is 24.6. The van der Waals surface area contributed by atoms with Crippen LogP contribution in [0.2, 0.25) is 0 Å². The van der Waals surface area contributed by atoms with Crippen LogP contribution >= 0.6 is 11.3 Å². The molecule has 0 unspecified atom stereocenters. The highest BCUT2D eigenvalue weighted by Crippen LogP contribution is 2.04. The van der Waals surface area contributed by atoms with Gasteiger partial charge in [0.05, 0.1) is 11.8 Å². The highest BCUT2D eigenvalue weighted by molar-refractivity contribution is 7.88. The van der Waals surface area contributed by atoms with Gasteiger partial charge in [-0.05, 0) is 13.8 Å². The van der Waals surface area contributed by atoms with Crippen molar-refractivity contribution >= 4 is 27.3 Å². The second-order valence-corrected chi connectivity index (χ2v) is 6.78. The average Bonchev–Trinajstić information content (AvgIpc) is 2.63. The van der Waals surface area contributed by atoms with Crippen molar-refractivity contribution in [2.75, 3.05) is 12.8 Å². The second-order valence-electron chi connectivity index (χ2n) is 4.31. The van der Waals surface area contributed by atoms with Crippen molar-refractivity contribution in [1.82, 2.24) is 15.0 Å². The first kappa shape index (κ1) is 14.1. The number of nitrogens with zero attached hydrogens (tertiary/aromatic N) is 1. The third-order valence-corrected chi connectivity index (χ3v) is 3.33. The summed E-state index contributed by atoms with van der Waals surface area (Å²) in [6.07, 6.45) is 1.08. The summed E-state index contributed by atoms with van der Waals surface area (Å²) in [5, 5.41) is 4.26. The van der Waals surface area contributed by atoms with E-state index in [1.54, 1.807) is 24.7 Å². The van der Waals surface area contributed by atoms with Gasteiger partial charge in [-0.2, -0.15) is 0 Å². The first-order valence-corrected chi connectivity index (χ1v) is 7.68. The van der Waals surface area contributed by atoms with Crippen LogP contribution < -0.4 is 10.0 Å². The Morgan fingerprint density at radius 3 is 2.65 bits per heavy atom. The molecule has 0 bridgehead atoms. The number of rotatable bonds is 5. The lowest BCUT2D eigenvalue weighted by molar-refractivity contribution is 0.0940. The molecule has 0 aliphatic carbocycles. The Labute approximate surface area is 105 Å². The van der Waals surface area contributed by atoms with E-state index in [4.69, 9.17) is 0 Å². The summed E-state index contributed by atoms with van der Waals surface area (Å²) in [6.45, 7) is 3.57. The quantitative estimate of drug-likeness (QED) is 0.805. The normalized spacial score (nSPS) is 12.4. The van der Waals surface area contributed by atoms with Crippen molar-refractivity contribution in [2.24, 2.45) is 0 Å². The van der Waals surface area contributed by atoms with Gasteiger partial charge in [0.25, 0.3) is 5.91 Å². The Morgan fingerprint density at radius 2 is 2.18 bits per heavy atom. The van der Waals surface area contributed by atoms with E-state index in [-0.39, 0.29) is 12.5 Å². The first-order valence-electron chi connectivity index (χ1n) is 4.85. The van der Waals surface area contributed by atoms with Gasteiger partial charge in [0, 0.05) is 17.5 Å². The zero-order valence-electron chi connectivity index (χ0n) is 9.85. The summed E-state index contributed by atoms with van der Waals surface area (Å²) in [7, 11) is -3.30. The Bertz CT molecular complexity index is 480. The van der Waals surface area contributed by atoms with Gasteiger partial charge in [0.15, 0.2) is 0 Å². The Morgan fingerprint density at radius 1 is 1.53 bits per heavy atom. The molecule has 6 nitrogen and oxygen atoms in total. The van der Waals surface area contributed by atoms with Crippen molar-refractivity contribution < 1.29 is 13.2 Å². The zero-order chi connectivity index (χ0) is 13.1. The van der Waals surface area contributed by atoms with Gasteiger partial charge in [-0.3, -0.25) is 4.79 Å². The molecule has 96 valence electrons. The van der Waals surface area contributed by atoms with Crippen LogP contribution in [0.5, 0.6) is 0 Å². The predicted octanol–water partition coefficient (Wildman–Crippen LogP) is 0.201. The molecule has 0 saturated heterocycles. The minimum absolute atomic E-state index is 0.191. The third-order valence-electron chi connectivity index (χ3n) is 1.82. The van der Waals surface area contributed by atoms with Crippen LogP contribution in [0.25, 0.3) is 0 Å². The van der Waals surface area contributed by atoms with E-state index < -0.39 is 15.6 Å². The standard InChI is InChI=1S/C9H15N3O3S2/c1-9(2,12-17(3,14)15)5-10-8(13)7-4-16-6-11-7/h4,6,12H,5H2,1-3H3,(H,10,13). The molecule has 0 aliphatic heterocycles. The van der Waals surface area contributed by atoms with Gasteiger partial charge in [-0.15, -0.1) is 11.3 Å². The minimum atomic E-state index is -3.30. The molecular formula is C9H15N3O3S2. The summed E-state index contributed by atoms with van der Waals surface area (Å²) >= 11 is 1.33. The maximum atomic E-state index is 11.6. The Hall–Kier alpha value is -0.990. The number of carbonyl (C=O) groups is 1. The number of hydrogen-bond acceptors (Lipinski definition) is 5. The van der Waals surface area contributed by atoms with E-state index >= 15 is 0 Å². The van der Waals surface area contributed by atoms with Crippen molar-refractivity contribution in [2.45, 2.75) is 19.4 Å². The molecule has 0 radical (unpaired) electrons. The van der Waals surface area contributed by atoms with Crippen LogP contribution in [0, 0.1) is 0 Å².